The van der Waals surface area contributed by atoms with Gasteiger partial charge in [-0.1, -0.05) is 12.1 Å². The van der Waals surface area contributed by atoms with E-state index in [1.165, 1.54) is 6.07 Å². The van der Waals surface area contributed by atoms with Crippen molar-refractivity contribution in [1.82, 2.24) is 0 Å². The third kappa shape index (κ3) is 1.64. The molecule has 1 atom stereocenters. The van der Waals surface area contributed by atoms with Crippen molar-refractivity contribution >= 4 is 11.7 Å². The van der Waals surface area contributed by atoms with Crippen LogP contribution in [0.2, 0.25) is 0 Å². The molecule has 1 aromatic rings. The lowest BCUT2D eigenvalue weighted by atomic mass is 9.82. The molecule has 0 aliphatic heterocycles. The van der Waals surface area contributed by atoms with Crippen molar-refractivity contribution < 1.29 is 14.8 Å². The second-order valence-corrected chi connectivity index (χ2v) is 3.89. The Labute approximate surface area is 91.9 Å². The molecule has 0 spiro atoms. The Morgan fingerprint density at radius 1 is 1.50 bits per heavy atom. The molecule has 0 bridgehead atoms. The third-order valence-corrected chi connectivity index (χ3v) is 2.98. The van der Waals surface area contributed by atoms with Crippen LogP contribution >= 0.6 is 0 Å². The lowest BCUT2D eigenvalue weighted by Gasteiger charge is -2.21. The Balaban J connectivity index is 2.54. The highest BCUT2D eigenvalue weighted by Crippen LogP contribution is 2.36. The second-order valence-electron chi connectivity index (χ2n) is 3.89. The molecule has 1 N–H and O–H groups in total. The van der Waals surface area contributed by atoms with Gasteiger partial charge >= 0.3 is 5.97 Å². The molecule has 16 heavy (non-hydrogen) atoms. The van der Waals surface area contributed by atoms with Crippen molar-refractivity contribution in [3.8, 4) is 0 Å². The third-order valence-electron chi connectivity index (χ3n) is 2.98. The normalized spacial score (nSPS) is 18.9. The number of nitro benzene ring substituents is 1. The minimum Gasteiger partial charge on any atom is -0.481 e. The number of fused-ring (bicyclic) bond motifs is 1. The summed E-state index contributed by atoms with van der Waals surface area (Å²) in [5.74, 6) is -1.50. The van der Waals surface area contributed by atoms with Gasteiger partial charge in [0.2, 0.25) is 0 Å². The van der Waals surface area contributed by atoms with E-state index in [0.717, 1.165) is 0 Å². The van der Waals surface area contributed by atoms with E-state index in [1.807, 2.05) is 0 Å². The predicted octanol–water partition coefficient (Wildman–Crippen LogP) is 2.10. The topological polar surface area (TPSA) is 80.4 Å². The van der Waals surface area contributed by atoms with Crippen molar-refractivity contribution in [2.75, 3.05) is 0 Å². The van der Waals surface area contributed by atoms with Gasteiger partial charge in [0.25, 0.3) is 5.69 Å². The quantitative estimate of drug-likeness (QED) is 0.612. The molecule has 1 aromatic carbocycles. The molecule has 1 aliphatic rings. The Hall–Kier alpha value is -1.91. The summed E-state index contributed by atoms with van der Waals surface area (Å²) >= 11 is 0. The Morgan fingerprint density at radius 3 is 2.88 bits per heavy atom. The first-order chi connectivity index (χ1) is 7.61. The van der Waals surface area contributed by atoms with Crippen LogP contribution in [-0.4, -0.2) is 16.0 Å². The second kappa shape index (κ2) is 3.92. The maximum Gasteiger partial charge on any atom is 0.310 e. The van der Waals surface area contributed by atoms with Gasteiger partial charge in [0.05, 0.1) is 10.8 Å². The van der Waals surface area contributed by atoms with Crippen LogP contribution in [0.5, 0.6) is 0 Å². The molecular formula is C11H11NO4. The zero-order chi connectivity index (χ0) is 11.7. The van der Waals surface area contributed by atoms with Gasteiger partial charge in [-0.3, -0.25) is 14.9 Å². The molecule has 5 nitrogen and oxygen atoms in total. The summed E-state index contributed by atoms with van der Waals surface area (Å²) in [6, 6.07) is 4.67. The van der Waals surface area contributed by atoms with Crippen LogP contribution in [0.3, 0.4) is 0 Å². The van der Waals surface area contributed by atoms with Gasteiger partial charge in [0.1, 0.15) is 0 Å². The van der Waals surface area contributed by atoms with Gasteiger partial charge in [-0.25, -0.2) is 0 Å². The Kier molecular flexibility index (Phi) is 2.60. The number of nitrogens with zero attached hydrogens (tertiary/aromatic N) is 1. The van der Waals surface area contributed by atoms with Crippen LogP contribution in [0.1, 0.15) is 29.9 Å². The van der Waals surface area contributed by atoms with Gasteiger partial charge in [0, 0.05) is 11.6 Å². The molecule has 2 rings (SSSR count). The van der Waals surface area contributed by atoms with Crippen molar-refractivity contribution in [2.45, 2.75) is 25.2 Å². The van der Waals surface area contributed by atoms with Crippen molar-refractivity contribution in [2.24, 2.45) is 0 Å². The van der Waals surface area contributed by atoms with Crippen molar-refractivity contribution in [3.63, 3.8) is 0 Å². The number of rotatable bonds is 2. The van der Waals surface area contributed by atoms with E-state index in [9.17, 15) is 14.9 Å². The minimum absolute atomic E-state index is 0.0449. The zero-order valence-electron chi connectivity index (χ0n) is 8.55. The first-order valence-corrected chi connectivity index (χ1v) is 5.10. The predicted molar refractivity (Wildman–Crippen MR) is 56.4 cm³/mol. The lowest BCUT2D eigenvalue weighted by molar-refractivity contribution is -0.385. The van der Waals surface area contributed by atoms with E-state index in [1.54, 1.807) is 12.1 Å². The summed E-state index contributed by atoms with van der Waals surface area (Å²) in [6.07, 6.45) is 1.84. The first kappa shape index (κ1) is 10.6. The van der Waals surface area contributed by atoms with E-state index in [2.05, 4.69) is 0 Å². The molecular weight excluding hydrogens is 210 g/mol. The van der Waals surface area contributed by atoms with Crippen LogP contribution < -0.4 is 0 Å². The molecule has 0 amide bonds. The number of carboxylic acid groups (broad SMARTS) is 1. The SMILES string of the molecule is O=C(O)[C@@H]1CCCc2c1cccc2[N+](=O)[O-]. The standard InChI is InChI=1S/C11H11NO4/c13-11(14)9-5-1-4-8-7(9)3-2-6-10(8)12(15)16/h2-3,6,9H,1,4-5H2,(H,13,14)/t9-/m1/s1. The molecule has 0 heterocycles. The molecule has 84 valence electrons. The van der Waals surface area contributed by atoms with E-state index in [0.29, 0.717) is 30.4 Å². The van der Waals surface area contributed by atoms with Gasteiger partial charge in [-0.15, -0.1) is 0 Å². The molecule has 0 unspecified atom stereocenters. The maximum absolute atomic E-state index is 11.0. The fourth-order valence-corrected chi connectivity index (χ4v) is 2.26. The van der Waals surface area contributed by atoms with Gasteiger partial charge in [-0.2, -0.15) is 0 Å². The van der Waals surface area contributed by atoms with E-state index in [-0.39, 0.29) is 5.69 Å². The van der Waals surface area contributed by atoms with Crippen LogP contribution in [0, 0.1) is 10.1 Å². The number of hydrogen-bond donors (Lipinski definition) is 1. The smallest absolute Gasteiger partial charge is 0.310 e. The summed E-state index contributed by atoms with van der Waals surface area (Å²) in [4.78, 5) is 21.4. The summed E-state index contributed by atoms with van der Waals surface area (Å²) in [7, 11) is 0. The highest BCUT2D eigenvalue weighted by atomic mass is 16.6. The molecule has 5 heteroatoms. The van der Waals surface area contributed by atoms with Gasteiger partial charge in [0.15, 0.2) is 0 Å². The highest BCUT2D eigenvalue weighted by Gasteiger charge is 2.30. The summed E-state index contributed by atoms with van der Waals surface area (Å²) < 4.78 is 0. The monoisotopic (exact) mass is 221 g/mol. The Morgan fingerprint density at radius 2 is 2.25 bits per heavy atom. The average molecular weight is 221 g/mol. The zero-order valence-corrected chi connectivity index (χ0v) is 8.55. The average Bonchev–Trinajstić information content (AvgIpc) is 2.27. The maximum atomic E-state index is 11.0. The number of carboxylic acids is 1. The van der Waals surface area contributed by atoms with Crippen LogP contribution in [-0.2, 0) is 11.2 Å². The van der Waals surface area contributed by atoms with E-state index >= 15 is 0 Å². The first-order valence-electron chi connectivity index (χ1n) is 5.10. The van der Waals surface area contributed by atoms with E-state index in [4.69, 9.17) is 5.11 Å². The number of carbonyl (C=O) groups is 1. The summed E-state index contributed by atoms with van der Waals surface area (Å²) in [5.41, 5.74) is 1.24. The minimum atomic E-state index is -0.901. The largest absolute Gasteiger partial charge is 0.481 e. The molecule has 0 saturated carbocycles. The van der Waals surface area contributed by atoms with Crippen molar-refractivity contribution in [3.05, 3.63) is 39.4 Å². The van der Waals surface area contributed by atoms with Gasteiger partial charge < -0.3 is 5.11 Å². The fourth-order valence-electron chi connectivity index (χ4n) is 2.26. The molecule has 0 radical (unpaired) electrons. The summed E-state index contributed by atoms with van der Waals surface area (Å²) in [5, 5.41) is 19.9. The van der Waals surface area contributed by atoms with Crippen LogP contribution in [0.15, 0.2) is 18.2 Å². The summed E-state index contributed by atoms with van der Waals surface area (Å²) in [6.45, 7) is 0. The fraction of sp³-hybridized carbons (Fsp3) is 0.364. The molecule has 0 aromatic heterocycles. The molecule has 0 fully saturated rings. The van der Waals surface area contributed by atoms with Gasteiger partial charge in [-0.05, 0) is 24.8 Å². The number of nitro groups is 1. The van der Waals surface area contributed by atoms with Crippen molar-refractivity contribution in [1.29, 1.82) is 0 Å². The Bertz CT molecular complexity index is 455. The van der Waals surface area contributed by atoms with Crippen LogP contribution in [0.25, 0.3) is 0 Å². The van der Waals surface area contributed by atoms with E-state index < -0.39 is 16.8 Å². The van der Waals surface area contributed by atoms with Crippen LogP contribution in [0.4, 0.5) is 5.69 Å². The lowest BCUT2D eigenvalue weighted by Crippen LogP contribution is -2.18. The highest BCUT2D eigenvalue weighted by molar-refractivity contribution is 5.77. The number of aliphatic carboxylic acids is 1. The number of hydrogen-bond acceptors (Lipinski definition) is 3. The molecule has 1 aliphatic carbocycles. The molecule has 0 saturated heterocycles. The number of benzene rings is 1.